The van der Waals surface area contributed by atoms with Gasteiger partial charge in [0.15, 0.2) is 0 Å². The number of nitrogens with zero attached hydrogens (tertiary/aromatic N) is 2. The summed E-state index contributed by atoms with van der Waals surface area (Å²) in [5, 5.41) is 6.90. The molecule has 4 nitrogen and oxygen atoms in total. The first-order valence-electron chi connectivity index (χ1n) is 6.24. The van der Waals surface area contributed by atoms with E-state index in [2.05, 4.69) is 10.4 Å². The van der Waals surface area contributed by atoms with Crippen molar-refractivity contribution in [2.75, 3.05) is 5.32 Å². The lowest BCUT2D eigenvalue weighted by Crippen LogP contribution is -2.09. The van der Waals surface area contributed by atoms with Gasteiger partial charge in [0.2, 0.25) is 5.91 Å². The van der Waals surface area contributed by atoms with Crippen molar-refractivity contribution in [2.45, 2.75) is 26.3 Å². The van der Waals surface area contributed by atoms with Gasteiger partial charge in [-0.25, -0.2) is 4.39 Å². The number of hydrogen-bond donors (Lipinski definition) is 1. The van der Waals surface area contributed by atoms with Gasteiger partial charge in [0, 0.05) is 12.6 Å². The highest BCUT2D eigenvalue weighted by Crippen LogP contribution is 2.09. The maximum atomic E-state index is 13.0. The number of amides is 1. The minimum absolute atomic E-state index is 0.0206. The highest BCUT2D eigenvalue weighted by molar-refractivity contribution is 5.90. The Morgan fingerprint density at radius 3 is 3.05 bits per heavy atom. The zero-order chi connectivity index (χ0) is 13.7. The van der Waals surface area contributed by atoms with Crippen molar-refractivity contribution >= 4 is 11.6 Å². The van der Waals surface area contributed by atoms with Crippen LogP contribution in [0.25, 0.3) is 0 Å². The van der Waals surface area contributed by atoms with Crippen molar-refractivity contribution in [1.82, 2.24) is 9.78 Å². The number of halogens is 1. The van der Waals surface area contributed by atoms with Crippen molar-refractivity contribution in [3.05, 3.63) is 48.0 Å². The van der Waals surface area contributed by atoms with Crippen molar-refractivity contribution in [1.29, 1.82) is 0 Å². The monoisotopic (exact) mass is 261 g/mol. The van der Waals surface area contributed by atoms with Gasteiger partial charge in [-0.1, -0.05) is 19.1 Å². The Morgan fingerprint density at radius 1 is 1.47 bits per heavy atom. The normalized spacial score (nSPS) is 10.4. The maximum absolute atomic E-state index is 13.0. The van der Waals surface area contributed by atoms with Crippen molar-refractivity contribution in [3.8, 4) is 0 Å². The summed E-state index contributed by atoms with van der Waals surface area (Å²) in [5.74, 6) is -0.283. The predicted molar refractivity (Wildman–Crippen MR) is 71.3 cm³/mol. The lowest BCUT2D eigenvalue weighted by molar-refractivity contribution is -0.116. The fraction of sp³-hybridized carbons (Fsp3) is 0.286. The molecule has 0 aliphatic rings. The third kappa shape index (κ3) is 3.91. The SMILES string of the molecule is CCCC(=O)Nc1cnn(Cc2cccc(F)c2)c1. The quantitative estimate of drug-likeness (QED) is 0.899. The molecule has 0 unspecified atom stereocenters. The average molecular weight is 261 g/mol. The number of nitrogens with one attached hydrogen (secondary N) is 1. The van der Waals surface area contributed by atoms with E-state index in [1.165, 1.54) is 12.1 Å². The van der Waals surface area contributed by atoms with Gasteiger partial charge in [-0.2, -0.15) is 5.10 Å². The van der Waals surface area contributed by atoms with Crippen LogP contribution >= 0.6 is 0 Å². The standard InChI is InChI=1S/C14H16FN3O/c1-2-4-14(19)17-13-8-16-18(10-13)9-11-5-3-6-12(15)7-11/h3,5-8,10H,2,4,9H2,1H3,(H,17,19). The van der Waals surface area contributed by atoms with Gasteiger partial charge in [0.1, 0.15) is 5.82 Å². The van der Waals surface area contributed by atoms with Gasteiger partial charge < -0.3 is 5.32 Å². The molecule has 100 valence electrons. The molecule has 1 heterocycles. The van der Waals surface area contributed by atoms with Crippen LogP contribution in [0.3, 0.4) is 0 Å². The second-order valence-corrected chi connectivity index (χ2v) is 4.35. The van der Waals surface area contributed by atoms with E-state index in [-0.39, 0.29) is 11.7 Å². The Labute approximate surface area is 111 Å². The van der Waals surface area contributed by atoms with E-state index in [0.717, 1.165) is 12.0 Å². The molecule has 5 heteroatoms. The first-order chi connectivity index (χ1) is 9.17. The van der Waals surface area contributed by atoms with Gasteiger partial charge >= 0.3 is 0 Å². The smallest absolute Gasteiger partial charge is 0.224 e. The predicted octanol–water partition coefficient (Wildman–Crippen LogP) is 2.81. The van der Waals surface area contributed by atoms with Crippen LogP contribution in [0.5, 0.6) is 0 Å². The van der Waals surface area contributed by atoms with Crippen molar-refractivity contribution < 1.29 is 9.18 Å². The molecule has 0 radical (unpaired) electrons. The van der Waals surface area contributed by atoms with Gasteiger partial charge in [0.25, 0.3) is 0 Å². The summed E-state index contributed by atoms with van der Waals surface area (Å²) >= 11 is 0. The molecule has 2 aromatic rings. The minimum Gasteiger partial charge on any atom is -0.323 e. The topological polar surface area (TPSA) is 46.9 Å². The number of carbonyl (C=O) groups excluding carboxylic acids is 1. The molecule has 0 bridgehead atoms. The van der Waals surface area contributed by atoms with Crippen LogP contribution in [0.2, 0.25) is 0 Å². The Morgan fingerprint density at radius 2 is 2.32 bits per heavy atom. The van der Waals surface area contributed by atoms with Crippen molar-refractivity contribution in [2.24, 2.45) is 0 Å². The summed E-state index contributed by atoms with van der Waals surface area (Å²) in [6.45, 7) is 2.42. The molecule has 1 aromatic carbocycles. The third-order valence-corrected chi connectivity index (χ3v) is 2.63. The largest absolute Gasteiger partial charge is 0.323 e. The second kappa shape index (κ2) is 6.13. The molecule has 0 saturated carbocycles. The summed E-state index contributed by atoms with van der Waals surface area (Å²) in [6.07, 6.45) is 4.63. The lowest BCUT2D eigenvalue weighted by atomic mass is 10.2. The average Bonchev–Trinajstić information content (AvgIpc) is 2.76. The Kier molecular flexibility index (Phi) is 4.28. The molecule has 19 heavy (non-hydrogen) atoms. The van der Waals surface area contributed by atoms with E-state index in [1.54, 1.807) is 23.1 Å². The van der Waals surface area contributed by atoms with Crippen molar-refractivity contribution in [3.63, 3.8) is 0 Å². The molecule has 0 aliphatic heterocycles. The summed E-state index contributed by atoms with van der Waals surface area (Å²) < 4.78 is 14.7. The zero-order valence-corrected chi connectivity index (χ0v) is 10.8. The van der Waals surface area contributed by atoms with Crippen LogP contribution in [0, 0.1) is 5.82 Å². The van der Waals surface area contributed by atoms with E-state index in [1.807, 2.05) is 13.0 Å². The van der Waals surface area contributed by atoms with E-state index >= 15 is 0 Å². The fourth-order valence-corrected chi connectivity index (χ4v) is 1.79. The minimum atomic E-state index is -0.263. The summed E-state index contributed by atoms with van der Waals surface area (Å²) in [5.41, 5.74) is 1.49. The molecular formula is C14H16FN3O. The molecule has 0 aliphatic carbocycles. The number of benzene rings is 1. The first-order valence-corrected chi connectivity index (χ1v) is 6.24. The number of hydrogen-bond acceptors (Lipinski definition) is 2. The highest BCUT2D eigenvalue weighted by atomic mass is 19.1. The van der Waals surface area contributed by atoms with E-state index in [4.69, 9.17) is 0 Å². The van der Waals surface area contributed by atoms with Crippen LogP contribution in [0.1, 0.15) is 25.3 Å². The molecule has 1 aromatic heterocycles. The van der Waals surface area contributed by atoms with Crippen LogP contribution < -0.4 is 5.32 Å². The van der Waals surface area contributed by atoms with Crippen LogP contribution in [0.15, 0.2) is 36.7 Å². The van der Waals surface area contributed by atoms with Gasteiger partial charge in [0.05, 0.1) is 18.4 Å². The number of anilines is 1. The van der Waals surface area contributed by atoms with Crippen LogP contribution in [-0.2, 0) is 11.3 Å². The second-order valence-electron chi connectivity index (χ2n) is 4.35. The number of rotatable bonds is 5. The Hall–Kier alpha value is -2.17. The first kappa shape index (κ1) is 13.3. The fourth-order valence-electron chi connectivity index (χ4n) is 1.79. The van der Waals surface area contributed by atoms with E-state index < -0.39 is 0 Å². The highest BCUT2D eigenvalue weighted by Gasteiger charge is 2.04. The van der Waals surface area contributed by atoms with Crippen LogP contribution in [-0.4, -0.2) is 15.7 Å². The molecule has 1 amide bonds. The number of aromatic nitrogens is 2. The Balaban J connectivity index is 1.99. The molecule has 2 rings (SSSR count). The molecule has 0 fully saturated rings. The summed E-state index contributed by atoms with van der Waals surface area (Å²) in [7, 11) is 0. The van der Waals surface area contributed by atoms with Crippen LogP contribution in [0.4, 0.5) is 10.1 Å². The third-order valence-electron chi connectivity index (χ3n) is 2.63. The summed E-state index contributed by atoms with van der Waals surface area (Å²) in [6, 6.07) is 6.37. The van der Waals surface area contributed by atoms with Gasteiger partial charge in [-0.05, 0) is 24.1 Å². The number of carbonyl (C=O) groups is 1. The van der Waals surface area contributed by atoms with Gasteiger partial charge in [-0.15, -0.1) is 0 Å². The maximum Gasteiger partial charge on any atom is 0.224 e. The molecule has 0 atom stereocenters. The van der Waals surface area contributed by atoms with E-state index in [0.29, 0.717) is 18.7 Å². The molecule has 0 spiro atoms. The molecular weight excluding hydrogens is 245 g/mol. The molecule has 0 saturated heterocycles. The summed E-state index contributed by atoms with van der Waals surface area (Å²) in [4.78, 5) is 11.4. The van der Waals surface area contributed by atoms with E-state index in [9.17, 15) is 9.18 Å². The molecule has 1 N–H and O–H groups in total. The Bertz CT molecular complexity index is 565. The zero-order valence-electron chi connectivity index (χ0n) is 10.8. The van der Waals surface area contributed by atoms with Gasteiger partial charge in [-0.3, -0.25) is 9.48 Å². The lowest BCUT2D eigenvalue weighted by Gasteiger charge is -2.02.